The molecule has 0 aliphatic carbocycles. The van der Waals surface area contributed by atoms with Crippen LogP contribution in [0.1, 0.15) is 28.2 Å². The Labute approximate surface area is 138 Å². The number of aromatic nitrogens is 1. The van der Waals surface area contributed by atoms with E-state index in [0.717, 1.165) is 25.1 Å². The summed E-state index contributed by atoms with van der Waals surface area (Å²) >= 11 is 7.48. The molecule has 1 saturated heterocycles. The highest BCUT2D eigenvalue weighted by atomic mass is 35.5. The summed E-state index contributed by atoms with van der Waals surface area (Å²) in [6.45, 7) is 1.81. The van der Waals surface area contributed by atoms with Crippen LogP contribution in [-0.4, -0.2) is 35.0 Å². The molecule has 3 rings (SSSR count). The Morgan fingerprint density at radius 1 is 1.45 bits per heavy atom. The third-order valence-corrected chi connectivity index (χ3v) is 4.96. The maximum absolute atomic E-state index is 12.8. The molecule has 1 amide bonds. The van der Waals surface area contributed by atoms with Crippen molar-refractivity contribution in [3.63, 3.8) is 0 Å². The number of nitrogens with zero attached hydrogens (tertiary/aromatic N) is 2. The number of rotatable bonds is 5. The number of thiophene rings is 1. The second kappa shape index (κ2) is 7.22. The summed E-state index contributed by atoms with van der Waals surface area (Å²) in [4.78, 5) is 19.5. The largest absolute Gasteiger partial charge is 0.376 e. The van der Waals surface area contributed by atoms with Crippen molar-refractivity contribution in [3.8, 4) is 0 Å². The fourth-order valence-electron chi connectivity index (χ4n) is 2.53. The van der Waals surface area contributed by atoms with Gasteiger partial charge in [0.25, 0.3) is 5.91 Å². The zero-order chi connectivity index (χ0) is 15.4. The van der Waals surface area contributed by atoms with Crippen LogP contribution in [0, 0.1) is 0 Å². The summed E-state index contributed by atoms with van der Waals surface area (Å²) in [5, 5.41) is 2.34. The second-order valence-corrected chi connectivity index (χ2v) is 6.56. The van der Waals surface area contributed by atoms with Gasteiger partial charge in [0, 0.05) is 19.3 Å². The number of carbonyl (C=O) groups is 1. The van der Waals surface area contributed by atoms with E-state index < -0.39 is 0 Å². The molecule has 3 heterocycles. The fraction of sp³-hybridized carbons (Fsp3) is 0.375. The summed E-state index contributed by atoms with van der Waals surface area (Å²) in [5.74, 6) is -0.0545. The van der Waals surface area contributed by atoms with Gasteiger partial charge in [-0.3, -0.25) is 9.78 Å². The minimum Gasteiger partial charge on any atom is -0.376 e. The molecule has 1 unspecified atom stereocenters. The van der Waals surface area contributed by atoms with Crippen LogP contribution in [0.3, 0.4) is 0 Å². The average molecular weight is 337 g/mol. The van der Waals surface area contributed by atoms with Crippen molar-refractivity contribution >= 4 is 28.8 Å². The number of amides is 1. The Morgan fingerprint density at radius 2 is 2.36 bits per heavy atom. The van der Waals surface area contributed by atoms with Gasteiger partial charge >= 0.3 is 0 Å². The van der Waals surface area contributed by atoms with Crippen LogP contribution in [0.25, 0.3) is 0 Å². The van der Waals surface area contributed by atoms with Crippen molar-refractivity contribution < 1.29 is 9.53 Å². The van der Waals surface area contributed by atoms with E-state index in [1.165, 1.54) is 11.3 Å². The van der Waals surface area contributed by atoms with Gasteiger partial charge in [0.2, 0.25) is 0 Å². The minimum atomic E-state index is -0.0545. The molecule has 0 saturated carbocycles. The van der Waals surface area contributed by atoms with E-state index in [2.05, 4.69) is 4.98 Å². The Kier molecular flexibility index (Phi) is 5.08. The zero-order valence-electron chi connectivity index (χ0n) is 12.1. The standard InChI is InChI=1S/C16H17ClN2O2S/c17-14-6-9-22-15(14)16(20)19(11-13-5-3-8-21-13)10-12-4-1-2-7-18-12/h1-2,4,6-7,9,13H,3,5,8,10-11H2. The Bertz CT molecular complexity index is 626. The van der Waals surface area contributed by atoms with Crippen LogP contribution in [0.15, 0.2) is 35.8 Å². The van der Waals surface area contributed by atoms with E-state index >= 15 is 0 Å². The molecule has 1 aliphatic heterocycles. The van der Waals surface area contributed by atoms with Crippen molar-refractivity contribution in [1.82, 2.24) is 9.88 Å². The summed E-state index contributed by atoms with van der Waals surface area (Å²) in [6, 6.07) is 7.47. The molecule has 1 aliphatic rings. The normalized spacial score (nSPS) is 17.6. The van der Waals surface area contributed by atoms with Crippen molar-refractivity contribution in [2.45, 2.75) is 25.5 Å². The SMILES string of the molecule is O=C(c1sccc1Cl)N(Cc1ccccn1)CC1CCCO1. The number of halogens is 1. The van der Waals surface area contributed by atoms with Gasteiger partial charge in [-0.2, -0.15) is 0 Å². The van der Waals surface area contributed by atoms with E-state index in [1.54, 1.807) is 17.2 Å². The lowest BCUT2D eigenvalue weighted by Crippen LogP contribution is -2.36. The van der Waals surface area contributed by atoms with Gasteiger partial charge in [-0.05, 0) is 36.4 Å². The van der Waals surface area contributed by atoms with Crippen LogP contribution in [-0.2, 0) is 11.3 Å². The highest BCUT2D eigenvalue weighted by molar-refractivity contribution is 7.12. The lowest BCUT2D eigenvalue weighted by atomic mass is 10.2. The van der Waals surface area contributed by atoms with Gasteiger partial charge in [0.05, 0.1) is 23.4 Å². The molecule has 1 fully saturated rings. The predicted molar refractivity (Wildman–Crippen MR) is 87.3 cm³/mol. The fourth-order valence-corrected chi connectivity index (χ4v) is 3.63. The van der Waals surface area contributed by atoms with Crippen LogP contribution in [0.2, 0.25) is 5.02 Å². The lowest BCUT2D eigenvalue weighted by Gasteiger charge is -2.25. The molecular formula is C16H17ClN2O2S. The topological polar surface area (TPSA) is 42.4 Å². The van der Waals surface area contributed by atoms with Crippen molar-refractivity contribution in [2.24, 2.45) is 0 Å². The van der Waals surface area contributed by atoms with E-state index in [4.69, 9.17) is 16.3 Å². The van der Waals surface area contributed by atoms with E-state index in [9.17, 15) is 4.79 Å². The summed E-state index contributed by atoms with van der Waals surface area (Å²) in [6.07, 6.45) is 3.88. The van der Waals surface area contributed by atoms with E-state index in [1.807, 2.05) is 23.6 Å². The average Bonchev–Trinajstić information content (AvgIpc) is 3.18. The van der Waals surface area contributed by atoms with Crippen LogP contribution in [0.5, 0.6) is 0 Å². The van der Waals surface area contributed by atoms with Crippen molar-refractivity contribution in [2.75, 3.05) is 13.2 Å². The highest BCUT2D eigenvalue weighted by Crippen LogP contribution is 2.25. The van der Waals surface area contributed by atoms with Crippen molar-refractivity contribution in [1.29, 1.82) is 0 Å². The molecule has 6 heteroatoms. The number of hydrogen-bond donors (Lipinski definition) is 0. The first kappa shape index (κ1) is 15.5. The lowest BCUT2D eigenvalue weighted by molar-refractivity contribution is 0.0508. The summed E-state index contributed by atoms with van der Waals surface area (Å²) < 4.78 is 5.68. The molecule has 0 aromatic carbocycles. The third-order valence-electron chi connectivity index (χ3n) is 3.63. The molecule has 0 N–H and O–H groups in total. The van der Waals surface area contributed by atoms with E-state index in [-0.39, 0.29) is 12.0 Å². The highest BCUT2D eigenvalue weighted by Gasteiger charge is 2.25. The van der Waals surface area contributed by atoms with Crippen LogP contribution in [0.4, 0.5) is 0 Å². The first-order valence-electron chi connectivity index (χ1n) is 7.28. The molecule has 1 atom stereocenters. The first-order chi connectivity index (χ1) is 10.7. The second-order valence-electron chi connectivity index (χ2n) is 5.24. The van der Waals surface area contributed by atoms with E-state index in [0.29, 0.717) is 23.0 Å². The van der Waals surface area contributed by atoms with Crippen molar-refractivity contribution in [3.05, 3.63) is 51.4 Å². The maximum Gasteiger partial charge on any atom is 0.265 e. The molecule has 2 aromatic rings. The van der Waals surface area contributed by atoms with Gasteiger partial charge in [0.1, 0.15) is 4.88 Å². The Balaban J connectivity index is 1.78. The number of ether oxygens (including phenoxy) is 1. The van der Waals surface area contributed by atoms with Crippen LogP contribution < -0.4 is 0 Å². The molecule has 0 bridgehead atoms. The monoisotopic (exact) mass is 336 g/mol. The molecule has 116 valence electrons. The zero-order valence-corrected chi connectivity index (χ0v) is 13.6. The van der Waals surface area contributed by atoms with Gasteiger partial charge in [-0.25, -0.2) is 0 Å². The smallest absolute Gasteiger partial charge is 0.265 e. The summed E-state index contributed by atoms with van der Waals surface area (Å²) in [7, 11) is 0. The predicted octanol–water partition coefficient (Wildman–Crippen LogP) is 3.62. The number of pyridine rings is 1. The Morgan fingerprint density at radius 3 is 3.00 bits per heavy atom. The molecule has 0 spiro atoms. The molecule has 22 heavy (non-hydrogen) atoms. The minimum absolute atomic E-state index is 0.0545. The molecule has 2 aromatic heterocycles. The summed E-state index contributed by atoms with van der Waals surface area (Å²) in [5.41, 5.74) is 0.863. The third kappa shape index (κ3) is 3.66. The Hall–Kier alpha value is -1.43. The molecule has 0 radical (unpaired) electrons. The first-order valence-corrected chi connectivity index (χ1v) is 8.53. The van der Waals surface area contributed by atoms with Gasteiger partial charge in [-0.15, -0.1) is 11.3 Å². The number of hydrogen-bond acceptors (Lipinski definition) is 4. The maximum atomic E-state index is 12.8. The van der Waals surface area contributed by atoms with Gasteiger partial charge in [0.15, 0.2) is 0 Å². The molecular weight excluding hydrogens is 320 g/mol. The number of carbonyl (C=O) groups excluding carboxylic acids is 1. The van der Waals surface area contributed by atoms with Gasteiger partial charge < -0.3 is 9.64 Å². The molecule has 4 nitrogen and oxygen atoms in total. The van der Waals surface area contributed by atoms with Crippen LogP contribution >= 0.6 is 22.9 Å². The van der Waals surface area contributed by atoms with Gasteiger partial charge in [-0.1, -0.05) is 17.7 Å². The quantitative estimate of drug-likeness (QED) is 0.837.